The van der Waals surface area contributed by atoms with Crippen LogP contribution in [-0.4, -0.2) is 11.5 Å². The van der Waals surface area contributed by atoms with Gasteiger partial charge in [-0.2, -0.15) is 0 Å². The lowest BCUT2D eigenvalue weighted by Crippen LogP contribution is -2.32. The van der Waals surface area contributed by atoms with Gasteiger partial charge in [0.05, 0.1) is 11.7 Å². The molecule has 1 N–H and O–H groups in total. The van der Waals surface area contributed by atoms with Crippen LogP contribution in [-0.2, 0) is 6.42 Å². The highest BCUT2D eigenvalue weighted by molar-refractivity contribution is 5.23. The second-order valence-electron chi connectivity index (χ2n) is 6.13. The van der Waals surface area contributed by atoms with E-state index in [1.165, 1.54) is 43.4 Å². The highest BCUT2D eigenvalue weighted by Crippen LogP contribution is 2.38. The van der Waals surface area contributed by atoms with Crippen LogP contribution in [0.3, 0.4) is 0 Å². The van der Waals surface area contributed by atoms with E-state index in [9.17, 15) is 0 Å². The fourth-order valence-corrected chi connectivity index (χ4v) is 3.67. The zero-order valence-corrected chi connectivity index (χ0v) is 13.4. The van der Waals surface area contributed by atoms with Crippen molar-refractivity contribution in [2.45, 2.75) is 65.3 Å². The van der Waals surface area contributed by atoms with Gasteiger partial charge in [-0.3, -0.25) is 4.98 Å². The topological polar surface area (TPSA) is 24.9 Å². The zero-order chi connectivity index (χ0) is 14.4. The van der Waals surface area contributed by atoms with Gasteiger partial charge in [-0.05, 0) is 49.3 Å². The molecule has 0 spiro atoms. The quantitative estimate of drug-likeness (QED) is 0.825. The van der Waals surface area contributed by atoms with Crippen LogP contribution in [0.2, 0.25) is 0 Å². The van der Waals surface area contributed by atoms with Crippen LogP contribution in [0, 0.1) is 11.8 Å². The second kappa shape index (κ2) is 7.78. The number of nitrogens with one attached hydrogen (secondary N) is 1. The molecule has 1 aliphatic rings. The van der Waals surface area contributed by atoms with Gasteiger partial charge in [0.1, 0.15) is 0 Å². The molecular formula is C18H30N2. The van der Waals surface area contributed by atoms with Crippen LogP contribution in [0.25, 0.3) is 0 Å². The van der Waals surface area contributed by atoms with Gasteiger partial charge in [0.2, 0.25) is 0 Å². The third kappa shape index (κ3) is 3.60. The molecule has 0 amide bonds. The Kier molecular flexibility index (Phi) is 6.03. The highest BCUT2D eigenvalue weighted by Gasteiger charge is 2.29. The summed E-state index contributed by atoms with van der Waals surface area (Å²) >= 11 is 0. The van der Waals surface area contributed by atoms with E-state index >= 15 is 0 Å². The molecule has 2 heteroatoms. The minimum absolute atomic E-state index is 0.453. The molecule has 2 rings (SSSR count). The van der Waals surface area contributed by atoms with E-state index in [0.29, 0.717) is 6.04 Å². The van der Waals surface area contributed by atoms with Crippen LogP contribution in [0.5, 0.6) is 0 Å². The van der Waals surface area contributed by atoms with Crippen molar-refractivity contribution in [3.8, 4) is 0 Å². The van der Waals surface area contributed by atoms with E-state index < -0.39 is 0 Å². The molecule has 0 radical (unpaired) electrons. The molecule has 1 saturated carbocycles. The van der Waals surface area contributed by atoms with Crippen molar-refractivity contribution in [1.82, 2.24) is 10.3 Å². The predicted molar refractivity (Wildman–Crippen MR) is 85.8 cm³/mol. The molecule has 0 bridgehead atoms. The van der Waals surface area contributed by atoms with E-state index in [1.807, 2.05) is 6.20 Å². The Bertz CT molecular complexity index is 394. The maximum absolute atomic E-state index is 4.72. The van der Waals surface area contributed by atoms with Crippen molar-refractivity contribution >= 4 is 0 Å². The van der Waals surface area contributed by atoms with Crippen molar-refractivity contribution < 1.29 is 0 Å². The van der Waals surface area contributed by atoms with Gasteiger partial charge in [-0.25, -0.2) is 0 Å². The van der Waals surface area contributed by atoms with Crippen LogP contribution >= 0.6 is 0 Å². The van der Waals surface area contributed by atoms with E-state index in [-0.39, 0.29) is 0 Å². The largest absolute Gasteiger partial charge is 0.309 e. The summed E-state index contributed by atoms with van der Waals surface area (Å²) in [5, 5.41) is 3.71. The minimum Gasteiger partial charge on any atom is -0.309 e. The number of pyridine rings is 1. The molecule has 1 heterocycles. The molecule has 1 aromatic rings. The number of aromatic nitrogens is 1. The molecule has 1 aromatic heterocycles. The van der Waals surface area contributed by atoms with Crippen molar-refractivity contribution in [3.05, 3.63) is 29.6 Å². The summed E-state index contributed by atoms with van der Waals surface area (Å²) in [6.07, 6.45) is 9.90. The SMILES string of the molecule is CCNC(c1ncccc1CC)C1CCC(CC)CC1. The molecule has 1 fully saturated rings. The van der Waals surface area contributed by atoms with Crippen molar-refractivity contribution in [3.63, 3.8) is 0 Å². The van der Waals surface area contributed by atoms with E-state index in [4.69, 9.17) is 4.98 Å². The summed E-state index contributed by atoms with van der Waals surface area (Å²) in [5.74, 6) is 1.72. The van der Waals surface area contributed by atoms with Crippen LogP contribution < -0.4 is 5.32 Å². The fourth-order valence-electron chi connectivity index (χ4n) is 3.67. The lowest BCUT2D eigenvalue weighted by atomic mass is 9.76. The van der Waals surface area contributed by atoms with Gasteiger partial charge in [-0.1, -0.05) is 46.1 Å². The molecule has 2 nitrogen and oxygen atoms in total. The fraction of sp³-hybridized carbons (Fsp3) is 0.722. The first-order chi connectivity index (χ1) is 9.80. The molecule has 1 unspecified atom stereocenters. The third-order valence-electron chi connectivity index (χ3n) is 4.97. The summed E-state index contributed by atoms with van der Waals surface area (Å²) in [6.45, 7) is 7.80. The Morgan fingerprint density at radius 2 is 1.95 bits per heavy atom. The number of rotatable bonds is 6. The zero-order valence-electron chi connectivity index (χ0n) is 13.4. The molecule has 0 saturated heterocycles. The molecule has 1 atom stereocenters. The summed E-state index contributed by atoms with van der Waals surface area (Å²) in [7, 11) is 0. The molecule has 20 heavy (non-hydrogen) atoms. The van der Waals surface area contributed by atoms with E-state index in [0.717, 1.165) is 24.8 Å². The van der Waals surface area contributed by atoms with Crippen molar-refractivity contribution in [1.29, 1.82) is 0 Å². The van der Waals surface area contributed by atoms with Crippen LogP contribution in [0.4, 0.5) is 0 Å². The molecule has 1 aliphatic carbocycles. The monoisotopic (exact) mass is 274 g/mol. The lowest BCUT2D eigenvalue weighted by Gasteiger charge is -2.34. The number of hydrogen-bond donors (Lipinski definition) is 1. The number of hydrogen-bond acceptors (Lipinski definition) is 2. The summed E-state index contributed by atoms with van der Waals surface area (Å²) in [5.41, 5.74) is 2.72. The third-order valence-corrected chi connectivity index (χ3v) is 4.97. The Morgan fingerprint density at radius 3 is 2.55 bits per heavy atom. The van der Waals surface area contributed by atoms with Gasteiger partial charge < -0.3 is 5.32 Å². The first kappa shape index (κ1) is 15.5. The minimum atomic E-state index is 0.453. The first-order valence-electron chi connectivity index (χ1n) is 8.47. The first-order valence-corrected chi connectivity index (χ1v) is 8.47. The number of aryl methyl sites for hydroxylation is 1. The summed E-state index contributed by atoms with van der Waals surface area (Å²) in [6, 6.07) is 4.76. The lowest BCUT2D eigenvalue weighted by molar-refractivity contribution is 0.217. The number of nitrogens with zero attached hydrogens (tertiary/aromatic N) is 1. The van der Waals surface area contributed by atoms with Crippen molar-refractivity contribution in [2.24, 2.45) is 11.8 Å². The average molecular weight is 274 g/mol. The standard InChI is InChI=1S/C18H30N2/c1-4-14-9-11-16(12-10-14)18(19-6-3)17-15(5-2)8-7-13-20-17/h7-8,13-14,16,18-19H,4-6,9-12H2,1-3H3. The van der Waals surface area contributed by atoms with E-state index in [2.05, 4.69) is 38.2 Å². The molecule has 0 aromatic carbocycles. The maximum Gasteiger partial charge on any atom is 0.0607 e. The molecule has 0 aliphatic heterocycles. The summed E-state index contributed by atoms with van der Waals surface area (Å²) in [4.78, 5) is 4.72. The van der Waals surface area contributed by atoms with Gasteiger partial charge in [0.25, 0.3) is 0 Å². The van der Waals surface area contributed by atoms with Gasteiger partial charge in [0.15, 0.2) is 0 Å². The Labute approximate surface area is 124 Å². The Balaban J connectivity index is 2.14. The highest BCUT2D eigenvalue weighted by atomic mass is 14.9. The van der Waals surface area contributed by atoms with Gasteiger partial charge in [0, 0.05) is 6.20 Å². The molecule has 112 valence electrons. The normalized spacial score (nSPS) is 24.6. The Hall–Kier alpha value is -0.890. The second-order valence-corrected chi connectivity index (χ2v) is 6.13. The van der Waals surface area contributed by atoms with Crippen LogP contribution in [0.1, 0.15) is 70.2 Å². The average Bonchev–Trinajstić information content (AvgIpc) is 2.53. The molecular weight excluding hydrogens is 244 g/mol. The maximum atomic E-state index is 4.72. The summed E-state index contributed by atoms with van der Waals surface area (Å²) < 4.78 is 0. The smallest absolute Gasteiger partial charge is 0.0607 e. The van der Waals surface area contributed by atoms with Gasteiger partial charge >= 0.3 is 0 Å². The van der Waals surface area contributed by atoms with Crippen LogP contribution in [0.15, 0.2) is 18.3 Å². The van der Waals surface area contributed by atoms with Crippen molar-refractivity contribution in [2.75, 3.05) is 6.54 Å². The predicted octanol–water partition coefficient (Wildman–Crippen LogP) is 4.51. The van der Waals surface area contributed by atoms with Gasteiger partial charge in [-0.15, -0.1) is 0 Å². The Morgan fingerprint density at radius 1 is 1.20 bits per heavy atom. The van der Waals surface area contributed by atoms with E-state index in [1.54, 1.807) is 0 Å².